The molecule has 158 valence electrons. The van der Waals surface area contributed by atoms with Crippen LogP contribution in [-0.2, 0) is 11.2 Å². The molecule has 0 fully saturated rings. The van der Waals surface area contributed by atoms with Crippen LogP contribution in [0.5, 0.6) is 17.2 Å². The number of carbonyl (C=O) groups excluding carboxylic acids is 2. The number of benzene rings is 1. The van der Waals surface area contributed by atoms with Crippen molar-refractivity contribution < 1.29 is 24.2 Å². The highest BCUT2D eigenvalue weighted by atomic mass is 16.5. The SMILES string of the molecule is CNC(=O)c1ccc2c(cc1=O)[C@@H](NC(C)=O)CCc1cc(OC)c(OC)c(O)c1-2. The fraction of sp³-hybridized carbons (Fsp3) is 0.318. The van der Waals surface area contributed by atoms with Gasteiger partial charge in [0, 0.05) is 19.5 Å². The minimum Gasteiger partial charge on any atom is -0.504 e. The van der Waals surface area contributed by atoms with Crippen LogP contribution in [0.4, 0.5) is 0 Å². The van der Waals surface area contributed by atoms with Crippen molar-refractivity contribution in [3.8, 4) is 28.4 Å². The van der Waals surface area contributed by atoms with Gasteiger partial charge in [-0.25, -0.2) is 0 Å². The van der Waals surface area contributed by atoms with Crippen molar-refractivity contribution in [3.05, 3.63) is 51.2 Å². The van der Waals surface area contributed by atoms with Crippen molar-refractivity contribution in [1.82, 2.24) is 10.6 Å². The van der Waals surface area contributed by atoms with Crippen molar-refractivity contribution in [2.45, 2.75) is 25.8 Å². The maximum atomic E-state index is 12.8. The van der Waals surface area contributed by atoms with E-state index in [1.165, 1.54) is 40.3 Å². The quantitative estimate of drug-likeness (QED) is 0.707. The van der Waals surface area contributed by atoms with Gasteiger partial charge in [-0.05, 0) is 47.7 Å². The molecular weight excluding hydrogens is 388 g/mol. The highest BCUT2D eigenvalue weighted by molar-refractivity contribution is 5.94. The highest BCUT2D eigenvalue weighted by Crippen LogP contribution is 2.49. The van der Waals surface area contributed by atoms with Gasteiger partial charge in [0.1, 0.15) is 0 Å². The summed E-state index contributed by atoms with van der Waals surface area (Å²) in [5.41, 5.74) is 1.80. The first-order valence-electron chi connectivity index (χ1n) is 9.47. The number of ether oxygens (including phenoxy) is 2. The molecule has 8 heteroatoms. The summed E-state index contributed by atoms with van der Waals surface area (Å²) in [6, 6.07) is 5.70. The first-order valence-corrected chi connectivity index (χ1v) is 9.47. The molecule has 2 aromatic carbocycles. The molecule has 0 unspecified atom stereocenters. The Kier molecular flexibility index (Phi) is 5.96. The molecule has 8 nitrogen and oxygen atoms in total. The molecule has 3 rings (SSSR count). The summed E-state index contributed by atoms with van der Waals surface area (Å²) in [6.45, 7) is 1.40. The number of hydrogen-bond donors (Lipinski definition) is 3. The summed E-state index contributed by atoms with van der Waals surface area (Å²) >= 11 is 0. The van der Waals surface area contributed by atoms with Crippen LogP contribution in [0.1, 0.15) is 40.9 Å². The minimum atomic E-state index is -0.516. The van der Waals surface area contributed by atoms with Crippen molar-refractivity contribution >= 4 is 11.8 Å². The Hall–Kier alpha value is -3.55. The lowest BCUT2D eigenvalue weighted by Crippen LogP contribution is -2.27. The van der Waals surface area contributed by atoms with E-state index >= 15 is 0 Å². The number of nitrogens with one attached hydrogen (secondary N) is 2. The second-order valence-electron chi connectivity index (χ2n) is 6.99. The molecule has 1 aliphatic carbocycles. The normalized spacial score (nSPS) is 14.6. The molecule has 0 bridgehead atoms. The predicted molar refractivity (Wildman–Crippen MR) is 111 cm³/mol. The molecule has 0 heterocycles. The number of methoxy groups -OCH3 is 2. The van der Waals surface area contributed by atoms with E-state index in [2.05, 4.69) is 10.6 Å². The van der Waals surface area contributed by atoms with Gasteiger partial charge in [0.2, 0.25) is 11.7 Å². The standard InChI is InChI=1S/C22H24N2O6/c1-11(25)24-16-8-5-12-9-18(29-3)21(30-4)20(27)19(12)13-6-7-14(22(28)23-2)17(26)10-15(13)16/h6-7,9-10,16,27H,5,8H2,1-4H3,(H,23,28)(H,24,25)/t16-/m0/s1. The topological polar surface area (TPSA) is 114 Å². The zero-order valence-electron chi connectivity index (χ0n) is 17.3. The molecule has 1 atom stereocenters. The van der Waals surface area contributed by atoms with Crippen LogP contribution in [0.2, 0.25) is 0 Å². The first kappa shape index (κ1) is 21.2. The number of fused-ring (bicyclic) bond motifs is 3. The monoisotopic (exact) mass is 412 g/mol. The Labute approximate surface area is 173 Å². The van der Waals surface area contributed by atoms with Gasteiger partial charge in [-0.2, -0.15) is 0 Å². The van der Waals surface area contributed by atoms with Crippen LogP contribution in [0.25, 0.3) is 11.1 Å². The van der Waals surface area contributed by atoms with Gasteiger partial charge in [0.25, 0.3) is 5.91 Å². The lowest BCUT2D eigenvalue weighted by atomic mass is 9.95. The largest absolute Gasteiger partial charge is 0.504 e. The predicted octanol–water partition coefficient (Wildman–Crippen LogP) is 1.92. The summed E-state index contributed by atoms with van der Waals surface area (Å²) < 4.78 is 10.7. The maximum Gasteiger partial charge on any atom is 0.254 e. The average molecular weight is 412 g/mol. The molecular formula is C22H24N2O6. The Morgan fingerprint density at radius 3 is 2.50 bits per heavy atom. The van der Waals surface area contributed by atoms with Gasteiger partial charge in [0.05, 0.1) is 25.8 Å². The Morgan fingerprint density at radius 1 is 1.17 bits per heavy atom. The number of phenolic OH excluding ortho intramolecular Hbond substituents is 1. The van der Waals surface area contributed by atoms with Gasteiger partial charge >= 0.3 is 0 Å². The number of aromatic hydroxyl groups is 1. The first-order chi connectivity index (χ1) is 14.3. The smallest absolute Gasteiger partial charge is 0.254 e. The lowest BCUT2D eigenvalue weighted by Gasteiger charge is -2.18. The summed E-state index contributed by atoms with van der Waals surface area (Å²) in [5.74, 6) is -0.346. The van der Waals surface area contributed by atoms with Crippen LogP contribution >= 0.6 is 0 Å². The number of amides is 2. The number of hydrogen-bond acceptors (Lipinski definition) is 6. The Morgan fingerprint density at radius 2 is 1.90 bits per heavy atom. The summed E-state index contributed by atoms with van der Waals surface area (Å²) in [6.07, 6.45) is 1.01. The third kappa shape index (κ3) is 3.68. The fourth-order valence-corrected chi connectivity index (χ4v) is 3.86. The maximum absolute atomic E-state index is 12.8. The molecule has 2 aromatic rings. The Bertz CT molecular complexity index is 1080. The van der Waals surface area contributed by atoms with E-state index in [0.29, 0.717) is 35.3 Å². The molecule has 0 saturated heterocycles. The summed E-state index contributed by atoms with van der Waals surface area (Å²) in [4.78, 5) is 36.7. The van der Waals surface area contributed by atoms with E-state index in [9.17, 15) is 19.5 Å². The molecule has 0 aromatic heterocycles. The number of phenols is 1. The second-order valence-corrected chi connectivity index (χ2v) is 6.99. The van der Waals surface area contributed by atoms with Gasteiger partial charge < -0.3 is 25.2 Å². The van der Waals surface area contributed by atoms with Crippen LogP contribution < -0.4 is 25.5 Å². The van der Waals surface area contributed by atoms with E-state index < -0.39 is 17.4 Å². The van der Waals surface area contributed by atoms with Gasteiger partial charge in [-0.3, -0.25) is 14.4 Å². The van der Waals surface area contributed by atoms with Gasteiger partial charge in [0.15, 0.2) is 16.9 Å². The lowest BCUT2D eigenvalue weighted by molar-refractivity contribution is -0.119. The third-order valence-electron chi connectivity index (χ3n) is 5.20. The van der Waals surface area contributed by atoms with Crippen LogP contribution in [0, 0.1) is 0 Å². The third-order valence-corrected chi connectivity index (χ3v) is 5.20. The zero-order chi connectivity index (χ0) is 22.0. The number of carbonyl (C=O) groups is 2. The molecule has 0 spiro atoms. The van der Waals surface area contributed by atoms with Crippen LogP contribution in [0.15, 0.2) is 29.1 Å². The van der Waals surface area contributed by atoms with Crippen LogP contribution in [-0.4, -0.2) is 38.2 Å². The van der Waals surface area contributed by atoms with E-state index in [1.807, 2.05) is 0 Å². The van der Waals surface area contributed by atoms with Crippen molar-refractivity contribution in [2.75, 3.05) is 21.3 Å². The Balaban J connectivity index is 2.39. The van der Waals surface area contributed by atoms with Crippen molar-refractivity contribution in [2.24, 2.45) is 0 Å². The molecule has 3 N–H and O–H groups in total. The van der Waals surface area contributed by atoms with E-state index in [4.69, 9.17) is 9.47 Å². The molecule has 30 heavy (non-hydrogen) atoms. The number of aryl methyl sites for hydroxylation is 1. The highest BCUT2D eigenvalue weighted by Gasteiger charge is 2.29. The minimum absolute atomic E-state index is 0.0336. The molecule has 0 aliphatic heterocycles. The molecule has 2 amide bonds. The van der Waals surface area contributed by atoms with Crippen molar-refractivity contribution in [1.29, 1.82) is 0 Å². The second kappa shape index (κ2) is 8.44. The van der Waals surface area contributed by atoms with E-state index in [-0.39, 0.29) is 23.0 Å². The van der Waals surface area contributed by atoms with Gasteiger partial charge in [-0.15, -0.1) is 0 Å². The fourth-order valence-electron chi connectivity index (χ4n) is 3.86. The van der Waals surface area contributed by atoms with Gasteiger partial charge in [-0.1, -0.05) is 6.07 Å². The summed E-state index contributed by atoms with van der Waals surface area (Å²) in [7, 11) is 4.35. The summed E-state index contributed by atoms with van der Waals surface area (Å²) in [5, 5.41) is 16.3. The molecule has 0 saturated carbocycles. The van der Waals surface area contributed by atoms with E-state index in [1.54, 1.807) is 12.1 Å². The molecule has 0 radical (unpaired) electrons. The number of rotatable bonds is 4. The zero-order valence-corrected chi connectivity index (χ0v) is 17.3. The van der Waals surface area contributed by atoms with E-state index in [0.717, 1.165) is 5.56 Å². The molecule has 1 aliphatic rings. The van der Waals surface area contributed by atoms with Crippen molar-refractivity contribution in [3.63, 3.8) is 0 Å². The average Bonchev–Trinajstić information content (AvgIpc) is 2.96. The van der Waals surface area contributed by atoms with Crippen LogP contribution in [0.3, 0.4) is 0 Å².